The molecular weight excluding hydrogens is 254 g/mol. The van der Waals surface area contributed by atoms with Gasteiger partial charge in [-0.25, -0.2) is 0 Å². The van der Waals surface area contributed by atoms with E-state index in [1.165, 1.54) is 5.56 Å². The van der Waals surface area contributed by atoms with Gasteiger partial charge >= 0.3 is 0 Å². The van der Waals surface area contributed by atoms with Crippen molar-refractivity contribution >= 4 is 15.9 Å². The van der Waals surface area contributed by atoms with Crippen LogP contribution in [0.4, 0.5) is 0 Å². The summed E-state index contributed by atoms with van der Waals surface area (Å²) in [6.07, 6.45) is 0. The molecule has 1 aliphatic rings. The largest absolute Gasteiger partial charge is 0.491 e. The molecular formula is C12H16BrNO. The van der Waals surface area contributed by atoms with Crippen LogP contribution in [-0.4, -0.2) is 13.2 Å². The molecule has 0 radical (unpaired) electrons. The quantitative estimate of drug-likeness (QED) is 0.911. The summed E-state index contributed by atoms with van der Waals surface area (Å²) in [6, 6.07) is 6.59. The summed E-state index contributed by atoms with van der Waals surface area (Å²) < 4.78 is 6.71. The number of rotatable bonds is 3. The Labute approximate surface area is 99.1 Å². The molecule has 0 aromatic heterocycles. The lowest BCUT2D eigenvalue weighted by atomic mass is 10.1. The predicted molar refractivity (Wildman–Crippen MR) is 65.2 cm³/mol. The molecule has 0 fully saturated rings. The van der Waals surface area contributed by atoms with Crippen molar-refractivity contribution in [1.82, 2.24) is 5.32 Å². The summed E-state index contributed by atoms with van der Waals surface area (Å²) in [6.45, 7) is 6.21. The maximum atomic E-state index is 5.63. The second-order valence-corrected chi connectivity index (χ2v) is 5.26. The van der Waals surface area contributed by atoms with Crippen LogP contribution in [0.15, 0.2) is 22.7 Å². The van der Waals surface area contributed by atoms with Crippen LogP contribution in [0.1, 0.15) is 25.5 Å². The van der Waals surface area contributed by atoms with Gasteiger partial charge < -0.3 is 10.1 Å². The van der Waals surface area contributed by atoms with E-state index in [0.717, 1.165) is 23.4 Å². The van der Waals surface area contributed by atoms with Crippen molar-refractivity contribution in [1.29, 1.82) is 0 Å². The monoisotopic (exact) mass is 269 g/mol. The Kier molecular flexibility index (Phi) is 3.32. The van der Waals surface area contributed by atoms with E-state index in [9.17, 15) is 0 Å². The van der Waals surface area contributed by atoms with Crippen LogP contribution in [0.5, 0.6) is 5.75 Å². The molecule has 2 rings (SSSR count). The molecule has 0 bridgehead atoms. The highest BCUT2D eigenvalue weighted by Gasteiger charge is 2.23. The van der Waals surface area contributed by atoms with Gasteiger partial charge in [0.05, 0.1) is 6.04 Å². The van der Waals surface area contributed by atoms with E-state index < -0.39 is 0 Å². The third-order valence-electron chi connectivity index (χ3n) is 2.53. The minimum absolute atomic E-state index is 0.357. The molecule has 15 heavy (non-hydrogen) atoms. The number of hydrogen-bond acceptors (Lipinski definition) is 2. The molecule has 1 aliphatic heterocycles. The topological polar surface area (TPSA) is 21.3 Å². The summed E-state index contributed by atoms with van der Waals surface area (Å²) in [5.74, 6) is 1.68. The van der Waals surface area contributed by atoms with Crippen LogP contribution in [0.3, 0.4) is 0 Å². The third kappa shape index (κ3) is 2.52. The summed E-state index contributed by atoms with van der Waals surface area (Å²) in [7, 11) is 0. The van der Waals surface area contributed by atoms with Crippen molar-refractivity contribution in [3.8, 4) is 5.75 Å². The average Bonchev–Trinajstić information content (AvgIpc) is 2.57. The number of nitrogens with one attached hydrogen (secondary N) is 1. The number of fused-ring (bicyclic) bond motifs is 1. The maximum absolute atomic E-state index is 5.63. The second-order valence-electron chi connectivity index (χ2n) is 4.35. The number of hydrogen-bond donors (Lipinski definition) is 1. The SMILES string of the molecule is CC(C)CNC1COc2cc(Br)ccc21. The normalized spacial score (nSPS) is 19.1. The van der Waals surface area contributed by atoms with Crippen molar-refractivity contribution in [3.63, 3.8) is 0 Å². The Balaban J connectivity index is 2.08. The van der Waals surface area contributed by atoms with Crippen LogP contribution in [0.2, 0.25) is 0 Å². The number of halogens is 1. The van der Waals surface area contributed by atoms with Gasteiger partial charge in [0.25, 0.3) is 0 Å². The molecule has 1 aromatic rings. The van der Waals surface area contributed by atoms with E-state index in [-0.39, 0.29) is 0 Å². The van der Waals surface area contributed by atoms with E-state index >= 15 is 0 Å². The van der Waals surface area contributed by atoms with Gasteiger partial charge in [0, 0.05) is 10.0 Å². The fraction of sp³-hybridized carbons (Fsp3) is 0.500. The molecule has 1 unspecified atom stereocenters. The molecule has 0 amide bonds. The van der Waals surface area contributed by atoms with Crippen LogP contribution < -0.4 is 10.1 Å². The lowest BCUT2D eigenvalue weighted by Gasteiger charge is -2.13. The summed E-state index contributed by atoms with van der Waals surface area (Å²) >= 11 is 3.45. The zero-order valence-electron chi connectivity index (χ0n) is 9.09. The molecule has 1 aromatic carbocycles. The Hall–Kier alpha value is -0.540. The zero-order valence-corrected chi connectivity index (χ0v) is 10.7. The first-order valence-corrected chi connectivity index (χ1v) is 6.11. The highest BCUT2D eigenvalue weighted by Crippen LogP contribution is 2.34. The Morgan fingerprint density at radius 2 is 2.33 bits per heavy atom. The fourth-order valence-corrected chi connectivity index (χ4v) is 2.07. The standard InChI is InChI=1S/C12H16BrNO/c1-8(2)6-14-11-7-15-12-5-9(13)3-4-10(11)12/h3-5,8,11,14H,6-7H2,1-2H3. The van der Waals surface area contributed by atoms with Crippen molar-refractivity contribution in [2.75, 3.05) is 13.2 Å². The molecule has 82 valence electrons. The molecule has 2 nitrogen and oxygen atoms in total. The fourth-order valence-electron chi connectivity index (χ4n) is 1.73. The number of ether oxygens (including phenoxy) is 1. The van der Waals surface area contributed by atoms with Crippen LogP contribution >= 0.6 is 15.9 Å². The van der Waals surface area contributed by atoms with E-state index in [0.29, 0.717) is 12.0 Å². The molecule has 0 spiro atoms. The van der Waals surface area contributed by atoms with Crippen molar-refractivity contribution in [3.05, 3.63) is 28.2 Å². The van der Waals surface area contributed by atoms with Crippen molar-refractivity contribution in [2.45, 2.75) is 19.9 Å². The van der Waals surface area contributed by atoms with E-state index in [1.807, 2.05) is 6.07 Å². The van der Waals surface area contributed by atoms with Gasteiger partial charge in [0.15, 0.2) is 0 Å². The maximum Gasteiger partial charge on any atom is 0.125 e. The second kappa shape index (κ2) is 4.54. The summed E-state index contributed by atoms with van der Waals surface area (Å²) in [5.41, 5.74) is 1.28. The van der Waals surface area contributed by atoms with Gasteiger partial charge in [-0.2, -0.15) is 0 Å². The molecule has 0 aliphatic carbocycles. The van der Waals surface area contributed by atoms with Crippen molar-refractivity contribution < 1.29 is 4.74 Å². The minimum Gasteiger partial charge on any atom is -0.491 e. The Morgan fingerprint density at radius 1 is 1.53 bits per heavy atom. The van der Waals surface area contributed by atoms with Gasteiger partial charge in [-0.3, -0.25) is 0 Å². The van der Waals surface area contributed by atoms with Crippen LogP contribution in [-0.2, 0) is 0 Å². The molecule has 1 atom stereocenters. The van der Waals surface area contributed by atoms with Crippen LogP contribution in [0.25, 0.3) is 0 Å². The van der Waals surface area contributed by atoms with E-state index in [1.54, 1.807) is 0 Å². The van der Waals surface area contributed by atoms with E-state index in [4.69, 9.17) is 4.74 Å². The van der Waals surface area contributed by atoms with Gasteiger partial charge in [0.2, 0.25) is 0 Å². The lowest BCUT2D eigenvalue weighted by Crippen LogP contribution is -2.26. The first-order chi connectivity index (χ1) is 7.16. The average molecular weight is 270 g/mol. The molecule has 0 saturated heterocycles. The van der Waals surface area contributed by atoms with Crippen molar-refractivity contribution in [2.24, 2.45) is 5.92 Å². The molecule has 1 heterocycles. The predicted octanol–water partition coefficient (Wildman–Crippen LogP) is 3.13. The van der Waals surface area contributed by atoms with Gasteiger partial charge in [-0.1, -0.05) is 35.8 Å². The molecule has 3 heteroatoms. The zero-order chi connectivity index (χ0) is 10.8. The summed E-state index contributed by atoms with van der Waals surface area (Å²) in [5, 5.41) is 3.52. The van der Waals surface area contributed by atoms with Crippen LogP contribution in [0, 0.1) is 5.92 Å². The molecule has 1 N–H and O–H groups in total. The van der Waals surface area contributed by atoms with Gasteiger partial charge in [0.1, 0.15) is 12.4 Å². The molecule has 0 saturated carbocycles. The minimum atomic E-state index is 0.357. The highest BCUT2D eigenvalue weighted by atomic mass is 79.9. The van der Waals surface area contributed by atoms with Gasteiger partial charge in [-0.15, -0.1) is 0 Å². The first kappa shape index (κ1) is 11.0. The third-order valence-corrected chi connectivity index (χ3v) is 3.02. The van der Waals surface area contributed by atoms with E-state index in [2.05, 4.69) is 47.2 Å². The summed E-state index contributed by atoms with van der Waals surface area (Å²) in [4.78, 5) is 0. The Morgan fingerprint density at radius 3 is 3.07 bits per heavy atom. The lowest BCUT2D eigenvalue weighted by molar-refractivity contribution is 0.306. The first-order valence-electron chi connectivity index (χ1n) is 5.32. The highest BCUT2D eigenvalue weighted by molar-refractivity contribution is 9.10. The number of benzene rings is 1. The smallest absolute Gasteiger partial charge is 0.125 e. The van der Waals surface area contributed by atoms with Gasteiger partial charge in [-0.05, 0) is 24.6 Å². The Bertz CT molecular complexity index is 351.